The maximum Gasteiger partial charge on any atom is 0.338 e. The maximum absolute atomic E-state index is 12.6. The Hall–Kier alpha value is -3.78. The molecule has 0 aliphatic carbocycles. The van der Waals surface area contributed by atoms with E-state index in [4.69, 9.17) is 9.47 Å². The molecule has 1 heterocycles. The van der Waals surface area contributed by atoms with E-state index in [0.29, 0.717) is 23.3 Å². The molecule has 1 fully saturated rings. The molecule has 7 nitrogen and oxygen atoms in total. The van der Waals surface area contributed by atoms with Crippen LogP contribution < -0.4 is 10.1 Å². The fraction of sp³-hybridized carbons (Fsp3) is 0.160. The van der Waals surface area contributed by atoms with E-state index in [0.717, 1.165) is 17.3 Å². The topological polar surface area (TPSA) is 102 Å². The van der Waals surface area contributed by atoms with Gasteiger partial charge in [0, 0.05) is 0 Å². The second-order valence-electron chi connectivity index (χ2n) is 7.40. The second kappa shape index (κ2) is 10.2. The summed E-state index contributed by atoms with van der Waals surface area (Å²) in [6.45, 7) is 0.0385. The highest BCUT2D eigenvalue weighted by atomic mass is 32.2. The number of nitrogens with one attached hydrogen (secondary N) is 1. The molecule has 3 aromatic carbocycles. The molecule has 0 spiro atoms. The number of imide groups is 1. The van der Waals surface area contributed by atoms with Crippen LogP contribution in [0.25, 0.3) is 0 Å². The van der Waals surface area contributed by atoms with Crippen molar-refractivity contribution in [2.45, 2.75) is 17.8 Å². The number of phenolic OH excluding ortho intramolecular Hbond substituents is 1. The predicted molar refractivity (Wildman–Crippen MR) is 123 cm³/mol. The van der Waals surface area contributed by atoms with E-state index in [1.807, 2.05) is 18.2 Å². The van der Waals surface area contributed by atoms with Crippen LogP contribution in [0.15, 0.2) is 78.9 Å². The molecular formula is C25H21NO6S. The quantitative estimate of drug-likeness (QED) is 0.481. The molecule has 2 unspecified atom stereocenters. The lowest BCUT2D eigenvalue weighted by Gasteiger charge is -2.19. The van der Waals surface area contributed by atoms with Gasteiger partial charge in [0.25, 0.3) is 5.24 Å². The van der Waals surface area contributed by atoms with Crippen molar-refractivity contribution >= 4 is 28.9 Å². The van der Waals surface area contributed by atoms with Crippen molar-refractivity contribution in [1.29, 1.82) is 0 Å². The minimum absolute atomic E-state index is 0.0385. The Morgan fingerprint density at radius 2 is 1.76 bits per heavy atom. The average Bonchev–Trinajstić information content (AvgIpc) is 3.14. The van der Waals surface area contributed by atoms with Gasteiger partial charge in [-0.25, -0.2) is 4.79 Å². The van der Waals surface area contributed by atoms with E-state index in [-0.39, 0.29) is 23.5 Å². The summed E-state index contributed by atoms with van der Waals surface area (Å²) in [6.07, 6.45) is -0.308. The Bertz CT molecular complexity index is 1150. The number of ether oxygens (including phenoxy) is 2. The molecule has 2 amide bonds. The lowest BCUT2D eigenvalue weighted by Crippen LogP contribution is -2.25. The van der Waals surface area contributed by atoms with Crippen LogP contribution in [0.3, 0.4) is 0 Å². The van der Waals surface area contributed by atoms with E-state index in [9.17, 15) is 19.5 Å². The van der Waals surface area contributed by atoms with Gasteiger partial charge in [0.1, 0.15) is 18.1 Å². The van der Waals surface area contributed by atoms with Gasteiger partial charge >= 0.3 is 5.97 Å². The van der Waals surface area contributed by atoms with Crippen LogP contribution >= 0.6 is 11.8 Å². The third-order valence-corrected chi connectivity index (χ3v) is 5.99. The summed E-state index contributed by atoms with van der Waals surface area (Å²) in [5.74, 6) is -0.159. The number of hydrogen-bond donors (Lipinski definition) is 2. The minimum Gasteiger partial charge on any atom is -0.508 e. The van der Waals surface area contributed by atoms with Crippen molar-refractivity contribution in [2.75, 3.05) is 6.61 Å². The maximum atomic E-state index is 12.6. The Kier molecular flexibility index (Phi) is 6.95. The van der Waals surface area contributed by atoms with Crippen LogP contribution in [-0.2, 0) is 16.0 Å². The summed E-state index contributed by atoms with van der Waals surface area (Å²) in [5.41, 5.74) is 1.91. The van der Waals surface area contributed by atoms with Crippen LogP contribution in [0.1, 0.15) is 27.6 Å². The van der Waals surface area contributed by atoms with E-state index in [1.165, 1.54) is 12.1 Å². The van der Waals surface area contributed by atoms with Crippen molar-refractivity contribution in [1.82, 2.24) is 5.32 Å². The summed E-state index contributed by atoms with van der Waals surface area (Å²) in [4.78, 5) is 35.7. The fourth-order valence-corrected chi connectivity index (χ4v) is 4.19. The Balaban J connectivity index is 1.42. The van der Waals surface area contributed by atoms with Crippen molar-refractivity contribution in [3.63, 3.8) is 0 Å². The fourth-order valence-electron chi connectivity index (χ4n) is 3.33. The van der Waals surface area contributed by atoms with Gasteiger partial charge in [-0.05, 0) is 53.9 Å². The smallest absolute Gasteiger partial charge is 0.338 e. The van der Waals surface area contributed by atoms with E-state index in [1.54, 1.807) is 48.5 Å². The first kappa shape index (κ1) is 22.4. The third-order valence-electron chi connectivity index (χ3n) is 5.01. The number of hydrogen-bond acceptors (Lipinski definition) is 7. The van der Waals surface area contributed by atoms with Crippen LogP contribution in [0.5, 0.6) is 11.5 Å². The number of esters is 1. The number of benzene rings is 3. The van der Waals surface area contributed by atoms with Gasteiger partial charge in [-0.2, -0.15) is 0 Å². The van der Waals surface area contributed by atoms with Crippen molar-refractivity contribution in [3.8, 4) is 11.5 Å². The molecular weight excluding hydrogens is 442 g/mol. The second-order valence-corrected chi connectivity index (χ2v) is 8.57. The zero-order chi connectivity index (χ0) is 23.2. The highest BCUT2D eigenvalue weighted by molar-refractivity contribution is 8.15. The van der Waals surface area contributed by atoms with Gasteiger partial charge in [0.05, 0.1) is 10.8 Å². The van der Waals surface area contributed by atoms with Crippen LogP contribution in [0, 0.1) is 0 Å². The number of rotatable bonds is 8. The zero-order valence-electron chi connectivity index (χ0n) is 17.5. The normalized spacial score (nSPS) is 16.2. The average molecular weight is 464 g/mol. The number of amides is 2. The van der Waals surface area contributed by atoms with Gasteiger partial charge in [-0.1, -0.05) is 54.2 Å². The molecule has 168 valence electrons. The summed E-state index contributed by atoms with van der Waals surface area (Å²) in [6, 6.07) is 22.3. The molecule has 0 aromatic heterocycles. The minimum atomic E-state index is -0.742. The first-order valence-electron chi connectivity index (χ1n) is 10.3. The Morgan fingerprint density at radius 1 is 1.00 bits per heavy atom. The molecule has 2 atom stereocenters. The number of thioether (sulfide) groups is 1. The number of aromatic hydroxyl groups is 1. The van der Waals surface area contributed by atoms with Gasteiger partial charge in [0.2, 0.25) is 5.91 Å². The first-order valence-corrected chi connectivity index (χ1v) is 11.1. The Morgan fingerprint density at radius 3 is 2.42 bits per heavy atom. The molecule has 1 aliphatic heterocycles. The van der Waals surface area contributed by atoms with E-state index in [2.05, 4.69) is 5.32 Å². The molecule has 4 rings (SSSR count). The molecule has 33 heavy (non-hydrogen) atoms. The van der Waals surface area contributed by atoms with Gasteiger partial charge < -0.3 is 14.6 Å². The van der Waals surface area contributed by atoms with Crippen LogP contribution in [0.2, 0.25) is 0 Å². The third kappa shape index (κ3) is 5.93. The lowest BCUT2D eigenvalue weighted by atomic mass is 10.1. The molecule has 0 bridgehead atoms. The molecule has 0 saturated carbocycles. The molecule has 0 radical (unpaired) electrons. The molecule has 8 heteroatoms. The zero-order valence-corrected chi connectivity index (χ0v) is 18.3. The SMILES string of the molecule is O=C1NC(=O)C(Cc2ccc(OCC(OC(=O)c3ccccc3)c3cccc(O)c3)cc2)S1. The van der Waals surface area contributed by atoms with Crippen LogP contribution in [-0.4, -0.2) is 34.1 Å². The number of phenols is 1. The van der Waals surface area contributed by atoms with Crippen molar-refractivity contribution in [2.24, 2.45) is 0 Å². The number of carbonyl (C=O) groups excluding carboxylic acids is 3. The molecule has 1 aliphatic rings. The molecule has 2 N–H and O–H groups in total. The van der Waals surface area contributed by atoms with Crippen molar-refractivity contribution in [3.05, 3.63) is 95.6 Å². The lowest BCUT2D eigenvalue weighted by molar-refractivity contribution is -0.118. The van der Waals surface area contributed by atoms with E-state index >= 15 is 0 Å². The highest BCUT2D eigenvalue weighted by Crippen LogP contribution is 2.26. The summed E-state index contributed by atoms with van der Waals surface area (Å²) in [5, 5.41) is 11.4. The largest absolute Gasteiger partial charge is 0.508 e. The standard InChI is InChI=1S/C25H21NO6S/c27-19-8-4-7-18(14-19)21(32-24(29)17-5-2-1-3-6-17)15-31-20-11-9-16(10-12-20)13-22-23(28)26-25(30)33-22/h1-12,14,21-22,27H,13,15H2,(H,26,28,30). The van der Waals surface area contributed by atoms with E-state index < -0.39 is 17.3 Å². The number of carbonyl (C=O) groups is 3. The molecule has 1 saturated heterocycles. The van der Waals surface area contributed by atoms with Crippen LogP contribution in [0.4, 0.5) is 4.79 Å². The monoisotopic (exact) mass is 463 g/mol. The summed E-state index contributed by atoms with van der Waals surface area (Å²) < 4.78 is 11.5. The van der Waals surface area contributed by atoms with Gasteiger partial charge in [-0.15, -0.1) is 0 Å². The first-order chi connectivity index (χ1) is 16.0. The Labute approximate surface area is 194 Å². The summed E-state index contributed by atoms with van der Waals surface area (Å²) >= 11 is 0.990. The van der Waals surface area contributed by atoms with Crippen molar-refractivity contribution < 1.29 is 29.0 Å². The van der Waals surface area contributed by atoms with Gasteiger partial charge in [0.15, 0.2) is 6.10 Å². The predicted octanol–water partition coefficient (Wildman–Crippen LogP) is 4.26. The summed E-state index contributed by atoms with van der Waals surface area (Å²) in [7, 11) is 0. The highest BCUT2D eigenvalue weighted by Gasteiger charge is 2.31. The van der Waals surface area contributed by atoms with Gasteiger partial charge in [-0.3, -0.25) is 14.9 Å². The molecule has 3 aromatic rings.